The van der Waals surface area contributed by atoms with Crippen molar-refractivity contribution in [2.45, 2.75) is 25.7 Å². The quantitative estimate of drug-likeness (QED) is 0.0762. The van der Waals surface area contributed by atoms with Crippen molar-refractivity contribution in [2.24, 2.45) is 10.9 Å². The molecule has 2 atom stereocenters. The van der Waals surface area contributed by atoms with Gasteiger partial charge in [-0.2, -0.15) is 5.10 Å². The topological polar surface area (TPSA) is 138 Å². The van der Waals surface area contributed by atoms with Crippen LogP contribution in [0.4, 0.5) is 0 Å². The van der Waals surface area contributed by atoms with Crippen LogP contribution in [0.2, 0.25) is 10.0 Å². The Balaban J connectivity index is 2.00. The predicted octanol–water partition coefficient (Wildman–Crippen LogP) is 6.89. The van der Waals surface area contributed by atoms with Gasteiger partial charge in [0.25, 0.3) is 0 Å². The molecule has 0 saturated carbocycles. The summed E-state index contributed by atoms with van der Waals surface area (Å²) in [4.78, 5) is 0. The summed E-state index contributed by atoms with van der Waals surface area (Å²) in [6, 6.07) is 19.5. The van der Waals surface area contributed by atoms with Gasteiger partial charge < -0.3 is 35.7 Å². The highest BCUT2D eigenvalue weighted by atomic mass is 35.5. The van der Waals surface area contributed by atoms with Gasteiger partial charge in [-0.3, -0.25) is 0 Å². The van der Waals surface area contributed by atoms with Gasteiger partial charge in [-0.15, -0.1) is 0 Å². The van der Waals surface area contributed by atoms with E-state index in [-0.39, 0.29) is 33.0 Å². The number of benzene rings is 4. The van der Waals surface area contributed by atoms with E-state index in [1.165, 1.54) is 12.1 Å². The highest BCUT2D eigenvalue weighted by molar-refractivity contribution is 6.32. The summed E-state index contributed by atoms with van der Waals surface area (Å²) in [6.45, 7) is 4.72. The molecule has 214 valence electrons. The number of phenolic OH excluding ortho intramolecular Hbond substituents is 4. The first kappa shape index (κ1) is 29.7. The molecule has 0 aliphatic rings. The van der Waals surface area contributed by atoms with Gasteiger partial charge in [-0.1, -0.05) is 47.5 Å². The van der Waals surface area contributed by atoms with Crippen LogP contribution in [-0.4, -0.2) is 39.4 Å². The van der Waals surface area contributed by atoms with Crippen LogP contribution in [0.15, 0.2) is 77.9 Å². The maximum absolute atomic E-state index is 11.0. The second kappa shape index (κ2) is 12.9. The second-order valence-electron chi connectivity index (χ2n) is 9.15. The number of halogens is 2. The van der Waals surface area contributed by atoms with Crippen molar-refractivity contribution in [3.8, 4) is 34.5 Å². The van der Waals surface area contributed by atoms with Gasteiger partial charge in [0.05, 0.1) is 40.8 Å². The van der Waals surface area contributed by atoms with Crippen LogP contribution < -0.4 is 15.3 Å². The maximum atomic E-state index is 11.0. The zero-order valence-electron chi connectivity index (χ0n) is 22.4. The summed E-state index contributed by atoms with van der Waals surface area (Å²) in [6.07, 6.45) is 0. The van der Waals surface area contributed by atoms with Gasteiger partial charge in [0, 0.05) is 23.3 Å². The first-order valence-electron chi connectivity index (χ1n) is 12.8. The molecule has 0 saturated heterocycles. The Labute approximate surface area is 247 Å². The Morgan fingerprint density at radius 2 is 1.02 bits per heavy atom. The molecule has 4 aromatic rings. The molecule has 4 aromatic carbocycles. The Kier molecular flexibility index (Phi) is 9.37. The molecule has 0 aliphatic heterocycles. The normalized spacial score (nSPS) is 12.4. The lowest BCUT2D eigenvalue weighted by Gasteiger charge is -2.29. The number of hydrogen-bond acceptors (Lipinski definition) is 8. The number of nitrogens with zero attached hydrogens (tertiary/aromatic N) is 1. The molecule has 10 heteroatoms. The standard InChI is InChI=1S/C31H30Cl2N2O6/c1-3-40-19-9-5-17(6-10-19)29(21-13-23(32)27(38)15-25(21)36)31(35-34)30(18-7-11-20(12-8-18)41-4-2)22-14-24(33)28(39)16-26(22)37/h5-16,29-30,36-39H,3-4,34H2,1-2H3. The third-order valence-corrected chi connectivity index (χ3v) is 7.21. The lowest BCUT2D eigenvalue weighted by molar-refractivity contribution is 0.340. The van der Waals surface area contributed by atoms with E-state index in [0.29, 0.717) is 52.7 Å². The van der Waals surface area contributed by atoms with Crippen molar-refractivity contribution in [3.05, 3.63) is 105 Å². The largest absolute Gasteiger partial charge is 0.507 e. The van der Waals surface area contributed by atoms with Crippen molar-refractivity contribution in [2.75, 3.05) is 13.2 Å². The van der Waals surface area contributed by atoms with E-state index in [0.717, 1.165) is 12.1 Å². The predicted molar refractivity (Wildman–Crippen MR) is 160 cm³/mol. The molecule has 0 spiro atoms. The van der Waals surface area contributed by atoms with Crippen LogP contribution in [-0.2, 0) is 0 Å². The molecule has 8 nitrogen and oxygen atoms in total. The first-order chi connectivity index (χ1) is 19.7. The van der Waals surface area contributed by atoms with E-state index < -0.39 is 11.8 Å². The van der Waals surface area contributed by atoms with Crippen LogP contribution >= 0.6 is 23.2 Å². The van der Waals surface area contributed by atoms with Crippen molar-refractivity contribution in [1.29, 1.82) is 0 Å². The smallest absolute Gasteiger partial charge is 0.137 e. The van der Waals surface area contributed by atoms with E-state index in [1.807, 2.05) is 13.8 Å². The maximum Gasteiger partial charge on any atom is 0.137 e. The summed E-state index contributed by atoms with van der Waals surface area (Å²) in [7, 11) is 0. The molecule has 6 N–H and O–H groups in total. The fourth-order valence-electron chi connectivity index (χ4n) is 4.78. The summed E-state index contributed by atoms with van der Waals surface area (Å²) >= 11 is 12.6. The van der Waals surface area contributed by atoms with Crippen LogP contribution in [0.5, 0.6) is 34.5 Å². The lowest BCUT2D eigenvalue weighted by atomic mass is 9.76. The minimum absolute atomic E-state index is 0.0123. The molecule has 0 heterocycles. The third-order valence-electron chi connectivity index (χ3n) is 6.60. The van der Waals surface area contributed by atoms with Gasteiger partial charge in [0.15, 0.2) is 0 Å². The molecule has 0 amide bonds. The van der Waals surface area contributed by atoms with Crippen LogP contribution in [0.1, 0.15) is 47.9 Å². The number of rotatable bonds is 10. The van der Waals surface area contributed by atoms with E-state index in [4.69, 9.17) is 38.5 Å². The zero-order chi connectivity index (χ0) is 29.7. The van der Waals surface area contributed by atoms with Crippen molar-refractivity contribution in [3.63, 3.8) is 0 Å². The molecular weight excluding hydrogens is 567 g/mol. The SMILES string of the molecule is CCOc1ccc(C(C(=NN)C(c2ccc(OCC)cc2)c2cc(Cl)c(O)cc2O)c2cc(Cl)c(O)cc2O)cc1. The molecule has 41 heavy (non-hydrogen) atoms. The summed E-state index contributed by atoms with van der Waals surface area (Å²) in [5, 5.41) is 46.6. The second-order valence-corrected chi connectivity index (χ2v) is 9.96. The van der Waals surface area contributed by atoms with Gasteiger partial charge in [-0.05, 0) is 61.4 Å². The average molecular weight is 597 g/mol. The number of nitrogens with two attached hydrogens (primary N) is 1. The number of hydrazone groups is 1. The zero-order valence-corrected chi connectivity index (χ0v) is 23.9. The van der Waals surface area contributed by atoms with E-state index >= 15 is 0 Å². The molecule has 2 unspecified atom stereocenters. The van der Waals surface area contributed by atoms with Gasteiger partial charge in [0.2, 0.25) is 0 Å². The molecule has 0 aliphatic carbocycles. The van der Waals surface area contributed by atoms with Crippen LogP contribution in [0, 0.1) is 0 Å². The minimum Gasteiger partial charge on any atom is -0.507 e. The number of ether oxygens (including phenoxy) is 2. The monoisotopic (exact) mass is 596 g/mol. The molecule has 0 bridgehead atoms. The van der Waals surface area contributed by atoms with Crippen molar-refractivity contribution < 1.29 is 29.9 Å². The Morgan fingerprint density at radius 3 is 1.34 bits per heavy atom. The van der Waals surface area contributed by atoms with E-state index in [1.54, 1.807) is 48.5 Å². The summed E-state index contributed by atoms with van der Waals surface area (Å²) < 4.78 is 11.2. The molecular formula is C31H30Cl2N2O6. The average Bonchev–Trinajstić information content (AvgIpc) is 2.95. The van der Waals surface area contributed by atoms with Crippen molar-refractivity contribution >= 4 is 28.9 Å². The van der Waals surface area contributed by atoms with E-state index in [2.05, 4.69) is 5.10 Å². The lowest BCUT2D eigenvalue weighted by Crippen LogP contribution is -2.25. The van der Waals surface area contributed by atoms with Gasteiger partial charge in [0.1, 0.15) is 34.5 Å². The fourth-order valence-corrected chi connectivity index (χ4v) is 5.12. The Bertz CT molecular complexity index is 1430. The molecule has 0 aromatic heterocycles. The first-order valence-corrected chi connectivity index (χ1v) is 13.6. The molecule has 0 fully saturated rings. The number of aromatic hydroxyl groups is 4. The third kappa shape index (κ3) is 6.39. The van der Waals surface area contributed by atoms with Crippen LogP contribution in [0.25, 0.3) is 0 Å². The fraction of sp³-hybridized carbons (Fsp3) is 0.194. The molecule has 0 radical (unpaired) electrons. The van der Waals surface area contributed by atoms with Crippen LogP contribution in [0.3, 0.4) is 0 Å². The highest BCUT2D eigenvalue weighted by Crippen LogP contribution is 2.46. The highest BCUT2D eigenvalue weighted by Gasteiger charge is 2.34. The Hall–Kier alpha value is -4.27. The Morgan fingerprint density at radius 1 is 0.659 bits per heavy atom. The van der Waals surface area contributed by atoms with E-state index in [9.17, 15) is 20.4 Å². The van der Waals surface area contributed by atoms with Gasteiger partial charge >= 0.3 is 0 Å². The van der Waals surface area contributed by atoms with Crippen molar-refractivity contribution in [1.82, 2.24) is 0 Å². The number of hydrogen-bond donors (Lipinski definition) is 5. The minimum atomic E-state index is -0.822. The molecule has 4 rings (SSSR count). The van der Waals surface area contributed by atoms with Gasteiger partial charge in [-0.25, -0.2) is 0 Å². The summed E-state index contributed by atoms with van der Waals surface area (Å²) in [5.41, 5.74) is 2.24. The number of phenols is 4. The summed E-state index contributed by atoms with van der Waals surface area (Å²) in [5.74, 6) is 4.68.